The monoisotopic (exact) mass is 492 g/mol. The van der Waals surface area contributed by atoms with Crippen molar-refractivity contribution in [2.45, 2.75) is 43.5 Å². The first-order valence-corrected chi connectivity index (χ1v) is 10.8. The summed E-state index contributed by atoms with van der Waals surface area (Å²) in [7, 11) is 0. The maximum Gasteiger partial charge on any atom is 0.459 e. The number of alkyl halides is 3. The van der Waals surface area contributed by atoms with Gasteiger partial charge in [0.2, 0.25) is 0 Å². The highest BCUT2D eigenvalue weighted by Gasteiger charge is 2.27. The molecule has 0 saturated carbocycles. The van der Waals surface area contributed by atoms with Crippen LogP contribution in [0.1, 0.15) is 37.8 Å². The van der Waals surface area contributed by atoms with Gasteiger partial charge in [0.25, 0.3) is 0 Å². The second-order valence-electron chi connectivity index (χ2n) is 7.99. The zero-order chi connectivity index (χ0) is 22.5. The second kappa shape index (κ2) is 9.77. The molecule has 3 aromatic rings. The third-order valence-electron chi connectivity index (χ3n) is 5.10. The number of rotatable bonds is 9. The topological polar surface area (TPSA) is 18.5 Å². The number of hydrogen-bond acceptors (Lipinski definition) is 2. The van der Waals surface area contributed by atoms with E-state index in [9.17, 15) is 13.2 Å². The summed E-state index contributed by atoms with van der Waals surface area (Å²) in [4.78, 5) is 0. The zero-order valence-corrected chi connectivity index (χ0v) is 19.0. The van der Waals surface area contributed by atoms with Crippen molar-refractivity contribution in [2.75, 3.05) is 0 Å². The maximum absolute atomic E-state index is 14.1. The molecule has 0 radical (unpaired) electrons. The molecule has 3 rings (SSSR count). The molecular weight excluding hydrogens is 469 g/mol. The minimum Gasteiger partial charge on any atom is -0.454 e. The van der Waals surface area contributed by atoms with Crippen molar-refractivity contribution < 1.29 is 22.6 Å². The lowest BCUT2D eigenvalue weighted by molar-refractivity contribution is -0.0803. The highest BCUT2D eigenvalue weighted by Crippen LogP contribution is 2.33. The van der Waals surface area contributed by atoms with Gasteiger partial charge in [0.05, 0.1) is 0 Å². The van der Waals surface area contributed by atoms with E-state index in [0.29, 0.717) is 5.75 Å². The normalized spacial score (nSPS) is 11.9. The fourth-order valence-corrected chi connectivity index (χ4v) is 3.57. The average Bonchev–Trinajstić information content (AvgIpc) is 2.70. The van der Waals surface area contributed by atoms with E-state index in [2.05, 4.69) is 34.5 Å². The number of benzene rings is 3. The number of halogens is 4. The molecule has 2 nitrogen and oxygen atoms in total. The predicted octanol–water partition coefficient (Wildman–Crippen LogP) is 8.24. The minimum absolute atomic E-state index is 0.0960. The average molecular weight is 493 g/mol. The molecule has 0 heterocycles. The van der Waals surface area contributed by atoms with Gasteiger partial charge in [-0.05, 0) is 72.2 Å². The van der Waals surface area contributed by atoms with E-state index in [0.717, 1.165) is 30.4 Å². The molecule has 0 amide bonds. The van der Waals surface area contributed by atoms with Crippen LogP contribution in [0.25, 0.3) is 0 Å². The quantitative estimate of drug-likeness (QED) is 0.280. The van der Waals surface area contributed by atoms with Gasteiger partial charge in [0.1, 0.15) is 11.5 Å². The molecule has 0 aliphatic rings. The minimum atomic E-state index is -3.39. The number of aryl methyl sites for hydroxylation is 1. The fourth-order valence-electron chi connectivity index (χ4n) is 3.38. The molecule has 6 heteroatoms. The molecule has 164 valence electrons. The Kier molecular flexibility index (Phi) is 7.31. The van der Waals surface area contributed by atoms with Gasteiger partial charge in [-0.1, -0.05) is 50.2 Å². The van der Waals surface area contributed by atoms with E-state index in [1.165, 1.54) is 6.07 Å². The van der Waals surface area contributed by atoms with E-state index in [-0.39, 0.29) is 16.9 Å². The number of para-hydroxylation sites is 1. The van der Waals surface area contributed by atoms with Crippen molar-refractivity contribution in [3.05, 3.63) is 89.7 Å². The summed E-state index contributed by atoms with van der Waals surface area (Å²) < 4.78 is 50.1. The van der Waals surface area contributed by atoms with Gasteiger partial charge in [-0.3, -0.25) is 0 Å². The summed E-state index contributed by atoms with van der Waals surface area (Å²) in [6.07, 6.45) is 2.51. The van der Waals surface area contributed by atoms with Gasteiger partial charge in [-0.25, -0.2) is 4.39 Å². The molecule has 0 unspecified atom stereocenters. The first-order chi connectivity index (χ1) is 14.6. The molecule has 3 aromatic carbocycles. The Morgan fingerprint density at radius 1 is 0.871 bits per heavy atom. The van der Waals surface area contributed by atoms with E-state index in [1.807, 2.05) is 18.2 Å². The molecular formula is C25H24BrF3O2. The van der Waals surface area contributed by atoms with E-state index in [4.69, 9.17) is 4.74 Å². The van der Waals surface area contributed by atoms with Gasteiger partial charge >= 0.3 is 5.02 Å². The summed E-state index contributed by atoms with van der Waals surface area (Å²) in [5, 5.41) is -3.39. The Bertz CT molecular complexity index is 984. The zero-order valence-electron chi connectivity index (χ0n) is 17.4. The summed E-state index contributed by atoms with van der Waals surface area (Å²) in [5.41, 5.74) is 1.87. The number of hydrogen-bond donors (Lipinski definition) is 0. The predicted molar refractivity (Wildman–Crippen MR) is 120 cm³/mol. The highest BCUT2D eigenvalue weighted by atomic mass is 79.9. The molecule has 0 N–H and O–H groups in total. The van der Waals surface area contributed by atoms with E-state index in [1.54, 1.807) is 48.5 Å². The highest BCUT2D eigenvalue weighted by molar-refractivity contribution is 9.09. The summed E-state index contributed by atoms with van der Waals surface area (Å²) in [6.45, 7) is 4.22. The number of ether oxygens (including phenoxy) is 2. The van der Waals surface area contributed by atoms with Gasteiger partial charge in [-0.15, -0.1) is 0 Å². The van der Waals surface area contributed by atoms with Crippen molar-refractivity contribution in [3.8, 4) is 17.2 Å². The van der Waals surface area contributed by atoms with E-state index >= 15 is 0 Å². The van der Waals surface area contributed by atoms with Gasteiger partial charge in [-0.2, -0.15) is 8.78 Å². The summed E-state index contributed by atoms with van der Waals surface area (Å²) in [5.74, 6) is 0.495. The van der Waals surface area contributed by atoms with Crippen LogP contribution in [-0.4, -0.2) is 5.02 Å². The van der Waals surface area contributed by atoms with E-state index < -0.39 is 10.8 Å². The van der Waals surface area contributed by atoms with Crippen LogP contribution >= 0.6 is 15.9 Å². The molecule has 0 bridgehead atoms. The Balaban J connectivity index is 1.59. The van der Waals surface area contributed by atoms with Gasteiger partial charge < -0.3 is 9.47 Å². The van der Waals surface area contributed by atoms with Crippen molar-refractivity contribution in [2.24, 2.45) is 0 Å². The van der Waals surface area contributed by atoms with Crippen molar-refractivity contribution in [1.82, 2.24) is 0 Å². The Morgan fingerprint density at radius 3 is 2.19 bits per heavy atom. The third-order valence-corrected chi connectivity index (χ3v) is 5.27. The largest absolute Gasteiger partial charge is 0.459 e. The molecule has 0 fully saturated rings. The van der Waals surface area contributed by atoms with Crippen molar-refractivity contribution in [1.29, 1.82) is 0 Å². The van der Waals surface area contributed by atoms with Crippen LogP contribution in [0.4, 0.5) is 13.2 Å². The molecule has 31 heavy (non-hydrogen) atoms. The second-order valence-corrected chi connectivity index (χ2v) is 8.91. The summed E-state index contributed by atoms with van der Waals surface area (Å²) in [6, 6.07) is 20.7. The van der Waals surface area contributed by atoms with Crippen molar-refractivity contribution in [3.63, 3.8) is 0 Å². The molecule has 0 aliphatic heterocycles. The van der Waals surface area contributed by atoms with Crippen LogP contribution < -0.4 is 9.47 Å². The first kappa shape index (κ1) is 23.2. The van der Waals surface area contributed by atoms with Crippen LogP contribution in [0.5, 0.6) is 17.2 Å². The Morgan fingerprint density at radius 2 is 1.55 bits per heavy atom. The lowest BCUT2D eigenvalue weighted by atomic mass is 9.80. The molecule has 0 aromatic heterocycles. The lowest BCUT2D eigenvalue weighted by Crippen LogP contribution is -2.18. The van der Waals surface area contributed by atoms with Crippen LogP contribution in [0, 0.1) is 5.82 Å². The first-order valence-electron chi connectivity index (χ1n) is 10.00. The lowest BCUT2D eigenvalue weighted by Gasteiger charge is -2.26. The van der Waals surface area contributed by atoms with Gasteiger partial charge in [0.15, 0.2) is 11.6 Å². The maximum atomic E-state index is 14.1. The molecule has 0 saturated heterocycles. The standard InChI is InChI=1S/C25H24BrF3O2/c1-24(2,19-11-13-21(14-12-19)31-25(26,28)29)16-6-7-18-10-15-22(27)23(17-18)30-20-8-4-3-5-9-20/h3-5,8-15,17H,6-7,16H2,1-2H3. The molecule has 0 aliphatic carbocycles. The molecule has 0 spiro atoms. The molecule has 0 atom stereocenters. The van der Waals surface area contributed by atoms with Crippen LogP contribution in [-0.2, 0) is 11.8 Å². The SMILES string of the molecule is CC(C)(CCCc1ccc(F)c(Oc2ccccc2)c1)c1ccc(OC(F)(F)Br)cc1. The fraction of sp³-hybridized carbons (Fsp3) is 0.280. The third kappa shape index (κ3) is 7.03. The Labute approximate surface area is 189 Å². The van der Waals surface area contributed by atoms with Crippen LogP contribution in [0.15, 0.2) is 72.8 Å². The summed E-state index contributed by atoms with van der Waals surface area (Å²) >= 11 is 2.17. The van der Waals surface area contributed by atoms with Crippen molar-refractivity contribution >= 4 is 15.9 Å². The van der Waals surface area contributed by atoms with Crippen LogP contribution in [0.2, 0.25) is 0 Å². The van der Waals surface area contributed by atoms with Gasteiger partial charge in [0, 0.05) is 15.9 Å². The smallest absolute Gasteiger partial charge is 0.454 e. The Hall–Kier alpha value is -2.47. The van der Waals surface area contributed by atoms with Crippen LogP contribution in [0.3, 0.4) is 0 Å².